The lowest BCUT2D eigenvalue weighted by Crippen LogP contribution is -2.30. The molecule has 3 unspecified atom stereocenters. The number of aliphatic hydroxyl groups is 1. The molecule has 0 spiro atoms. The van der Waals surface area contributed by atoms with E-state index in [9.17, 15) is 13.9 Å². The minimum Gasteiger partial charge on any atom is -0.435 e. The van der Waals surface area contributed by atoms with E-state index in [1.54, 1.807) is 12.1 Å². The van der Waals surface area contributed by atoms with Crippen LogP contribution in [0.4, 0.5) is 8.78 Å². The first-order chi connectivity index (χ1) is 10.0. The van der Waals surface area contributed by atoms with Crippen LogP contribution in [0.15, 0.2) is 24.3 Å². The number of alkyl halides is 2. The van der Waals surface area contributed by atoms with E-state index in [1.807, 2.05) is 13.0 Å². The average Bonchev–Trinajstić information content (AvgIpc) is 2.44. The quantitative estimate of drug-likeness (QED) is 0.845. The summed E-state index contributed by atoms with van der Waals surface area (Å²) < 4.78 is 28.9. The first kappa shape index (κ1) is 16.2. The highest BCUT2D eigenvalue weighted by Crippen LogP contribution is 2.25. The highest BCUT2D eigenvalue weighted by Gasteiger charge is 2.20. The molecule has 0 amide bonds. The Morgan fingerprint density at radius 3 is 2.90 bits per heavy atom. The van der Waals surface area contributed by atoms with Crippen molar-refractivity contribution < 1.29 is 18.6 Å². The van der Waals surface area contributed by atoms with Crippen LogP contribution in [0.1, 0.15) is 44.2 Å². The van der Waals surface area contributed by atoms with Gasteiger partial charge in [-0.1, -0.05) is 18.6 Å². The molecule has 3 nitrogen and oxygen atoms in total. The highest BCUT2D eigenvalue weighted by molar-refractivity contribution is 5.30. The van der Waals surface area contributed by atoms with Crippen LogP contribution >= 0.6 is 0 Å². The number of nitrogens with one attached hydrogen (secondary N) is 1. The van der Waals surface area contributed by atoms with Crippen LogP contribution in [0.2, 0.25) is 0 Å². The molecule has 118 valence electrons. The van der Waals surface area contributed by atoms with Gasteiger partial charge in [-0.15, -0.1) is 0 Å². The van der Waals surface area contributed by atoms with Gasteiger partial charge in [-0.25, -0.2) is 0 Å². The molecule has 0 saturated heterocycles. The van der Waals surface area contributed by atoms with Gasteiger partial charge in [0.05, 0.1) is 6.10 Å². The number of benzene rings is 1. The Balaban J connectivity index is 1.86. The molecule has 0 bridgehead atoms. The van der Waals surface area contributed by atoms with E-state index in [1.165, 1.54) is 6.07 Å². The summed E-state index contributed by atoms with van der Waals surface area (Å²) >= 11 is 0. The SMILES string of the molecule is CC(NCC1CCCC(O)C1)c1cccc(OC(F)F)c1. The molecule has 1 aliphatic carbocycles. The van der Waals surface area contributed by atoms with E-state index in [-0.39, 0.29) is 17.9 Å². The van der Waals surface area contributed by atoms with Crippen LogP contribution < -0.4 is 10.1 Å². The van der Waals surface area contributed by atoms with E-state index in [0.717, 1.165) is 37.8 Å². The van der Waals surface area contributed by atoms with Crippen molar-refractivity contribution in [2.75, 3.05) is 6.54 Å². The normalized spacial score (nSPS) is 24.0. The zero-order chi connectivity index (χ0) is 15.2. The number of halogens is 2. The minimum atomic E-state index is -2.80. The third kappa shape index (κ3) is 5.25. The Morgan fingerprint density at radius 1 is 1.38 bits per heavy atom. The average molecular weight is 299 g/mol. The second kappa shape index (κ2) is 7.71. The molecule has 1 saturated carbocycles. The molecule has 1 aromatic carbocycles. The Hall–Kier alpha value is -1.20. The fourth-order valence-corrected chi connectivity index (χ4v) is 2.87. The summed E-state index contributed by atoms with van der Waals surface area (Å²) in [5, 5.41) is 13.1. The van der Waals surface area contributed by atoms with Crippen molar-refractivity contribution in [2.24, 2.45) is 5.92 Å². The predicted molar refractivity (Wildman–Crippen MR) is 77.5 cm³/mol. The van der Waals surface area contributed by atoms with E-state index in [4.69, 9.17) is 0 Å². The van der Waals surface area contributed by atoms with E-state index in [0.29, 0.717) is 5.92 Å². The molecular formula is C16H23F2NO2. The summed E-state index contributed by atoms with van der Waals surface area (Å²) in [6.07, 6.45) is 3.77. The van der Waals surface area contributed by atoms with Gasteiger partial charge in [0.1, 0.15) is 5.75 Å². The highest BCUT2D eigenvalue weighted by atomic mass is 19.3. The summed E-state index contributed by atoms with van der Waals surface area (Å²) in [4.78, 5) is 0. The molecule has 21 heavy (non-hydrogen) atoms. The number of hydrogen-bond acceptors (Lipinski definition) is 3. The van der Waals surface area contributed by atoms with Crippen molar-refractivity contribution in [3.8, 4) is 5.75 Å². The van der Waals surface area contributed by atoms with Crippen LogP contribution in [-0.4, -0.2) is 24.4 Å². The molecule has 1 fully saturated rings. The molecule has 0 aliphatic heterocycles. The summed E-state index contributed by atoms with van der Waals surface area (Å²) in [5.41, 5.74) is 0.921. The lowest BCUT2D eigenvalue weighted by Gasteiger charge is -2.27. The Bertz CT molecular complexity index is 442. The zero-order valence-electron chi connectivity index (χ0n) is 12.3. The maximum Gasteiger partial charge on any atom is 0.387 e. The van der Waals surface area contributed by atoms with Crippen molar-refractivity contribution in [1.82, 2.24) is 5.32 Å². The zero-order valence-corrected chi connectivity index (χ0v) is 12.3. The van der Waals surface area contributed by atoms with Crippen molar-refractivity contribution >= 4 is 0 Å². The smallest absolute Gasteiger partial charge is 0.387 e. The third-order valence-electron chi connectivity index (χ3n) is 4.05. The largest absolute Gasteiger partial charge is 0.435 e. The fraction of sp³-hybridized carbons (Fsp3) is 0.625. The van der Waals surface area contributed by atoms with Gasteiger partial charge in [0, 0.05) is 6.04 Å². The fourth-order valence-electron chi connectivity index (χ4n) is 2.87. The van der Waals surface area contributed by atoms with E-state index >= 15 is 0 Å². The summed E-state index contributed by atoms with van der Waals surface area (Å²) in [7, 11) is 0. The van der Waals surface area contributed by atoms with Gasteiger partial charge in [-0.05, 0) is 56.3 Å². The van der Waals surface area contributed by atoms with Crippen molar-refractivity contribution in [3.05, 3.63) is 29.8 Å². The van der Waals surface area contributed by atoms with Crippen LogP contribution in [0.3, 0.4) is 0 Å². The summed E-state index contributed by atoms with van der Waals surface area (Å²) in [5.74, 6) is 0.668. The van der Waals surface area contributed by atoms with Crippen LogP contribution in [0, 0.1) is 5.92 Å². The molecule has 1 aromatic rings. The van der Waals surface area contributed by atoms with Crippen molar-refractivity contribution in [2.45, 2.75) is 51.4 Å². The molecular weight excluding hydrogens is 276 g/mol. The molecule has 5 heteroatoms. The van der Waals surface area contributed by atoms with Gasteiger partial charge in [-0.3, -0.25) is 0 Å². The Labute approximate surface area is 124 Å². The molecule has 1 aliphatic rings. The lowest BCUT2D eigenvalue weighted by molar-refractivity contribution is -0.0499. The van der Waals surface area contributed by atoms with Crippen molar-refractivity contribution in [3.63, 3.8) is 0 Å². The van der Waals surface area contributed by atoms with Gasteiger partial charge in [0.25, 0.3) is 0 Å². The number of hydrogen-bond donors (Lipinski definition) is 2. The van der Waals surface area contributed by atoms with E-state index < -0.39 is 6.61 Å². The van der Waals surface area contributed by atoms with Crippen LogP contribution in [0.25, 0.3) is 0 Å². The van der Waals surface area contributed by atoms with Gasteiger partial charge >= 0.3 is 6.61 Å². The predicted octanol–water partition coefficient (Wildman–Crippen LogP) is 3.49. The van der Waals surface area contributed by atoms with Crippen molar-refractivity contribution in [1.29, 1.82) is 0 Å². The second-order valence-corrected chi connectivity index (χ2v) is 5.77. The number of ether oxygens (including phenoxy) is 1. The van der Waals surface area contributed by atoms with Gasteiger partial charge in [0.15, 0.2) is 0 Å². The molecule has 0 aromatic heterocycles. The topological polar surface area (TPSA) is 41.5 Å². The summed E-state index contributed by atoms with van der Waals surface area (Å²) in [6, 6.07) is 6.84. The van der Waals surface area contributed by atoms with Crippen LogP contribution in [0.5, 0.6) is 5.75 Å². The first-order valence-electron chi connectivity index (χ1n) is 7.51. The van der Waals surface area contributed by atoms with Crippen LogP contribution in [-0.2, 0) is 0 Å². The van der Waals surface area contributed by atoms with Gasteiger partial charge in [0.2, 0.25) is 0 Å². The molecule has 0 heterocycles. The monoisotopic (exact) mass is 299 g/mol. The second-order valence-electron chi connectivity index (χ2n) is 5.77. The van der Waals surface area contributed by atoms with E-state index in [2.05, 4.69) is 10.1 Å². The maximum absolute atomic E-state index is 12.2. The van der Waals surface area contributed by atoms with Gasteiger partial charge < -0.3 is 15.2 Å². The number of aliphatic hydroxyl groups excluding tert-OH is 1. The first-order valence-corrected chi connectivity index (χ1v) is 7.51. The minimum absolute atomic E-state index is 0.0605. The number of rotatable bonds is 6. The Kier molecular flexibility index (Phi) is 5.94. The Morgan fingerprint density at radius 2 is 2.19 bits per heavy atom. The molecule has 2 rings (SSSR count). The van der Waals surface area contributed by atoms with Gasteiger partial charge in [-0.2, -0.15) is 8.78 Å². The standard InChI is InChI=1S/C16H23F2NO2/c1-11(19-10-12-4-2-6-14(20)8-12)13-5-3-7-15(9-13)21-16(17)18/h3,5,7,9,11-12,14,16,19-20H,2,4,6,8,10H2,1H3. The molecule has 0 radical (unpaired) electrons. The molecule has 2 N–H and O–H groups in total. The summed E-state index contributed by atoms with van der Waals surface area (Å²) in [6.45, 7) is 0.0334. The maximum atomic E-state index is 12.2. The molecule has 3 atom stereocenters. The lowest BCUT2D eigenvalue weighted by atomic mass is 9.87. The third-order valence-corrected chi connectivity index (χ3v) is 4.05.